The fourth-order valence-corrected chi connectivity index (χ4v) is 3.79. The number of hydrogen-bond donors (Lipinski definition) is 2. The molecule has 0 saturated heterocycles. The molecule has 0 aliphatic heterocycles. The second-order valence-corrected chi connectivity index (χ2v) is 7.79. The van der Waals surface area contributed by atoms with Gasteiger partial charge in [-0.05, 0) is 31.2 Å². The van der Waals surface area contributed by atoms with Crippen molar-refractivity contribution in [2.75, 3.05) is 0 Å². The summed E-state index contributed by atoms with van der Waals surface area (Å²) in [6, 6.07) is 10.4. The standard InChI is InChI=1S/C13H13FN2O4S2/c1-10-6-8-11(9-7-10)21(17,18)15-16-22(19,20)13-5-3-2-4-12(13)14/h2-9,15-16H,1H3. The van der Waals surface area contributed by atoms with Crippen molar-refractivity contribution in [3.05, 3.63) is 59.9 Å². The number of aryl methyl sites for hydroxylation is 1. The van der Waals surface area contributed by atoms with Crippen molar-refractivity contribution >= 4 is 20.0 Å². The molecule has 6 nitrogen and oxygen atoms in total. The van der Waals surface area contributed by atoms with E-state index in [4.69, 9.17) is 0 Å². The van der Waals surface area contributed by atoms with Crippen LogP contribution in [0.5, 0.6) is 0 Å². The zero-order valence-electron chi connectivity index (χ0n) is 11.4. The van der Waals surface area contributed by atoms with Crippen LogP contribution in [0.15, 0.2) is 58.3 Å². The van der Waals surface area contributed by atoms with Gasteiger partial charge in [-0.3, -0.25) is 0 Å². The maximum Gasteiger partial charge on any atom is 0.257 e. The summed E-state index contributed by atoms with van der Waals surface area (Å²) in [4.78, 5) is 2.62. The number of hydrogen-bond acceptors (Lipinski definition) is 4. The fraction of sp³-hybridized carbons (Fsp3) is 0.0769. The number of benzene rings is 2. The summed E-state index contributed by atoms with van der Waals surface area (Å²) in [6.45, 7) is 1.78. The molecule has 0 heterocycles. The molecule has 0 aliphatic rings. The number of halogens is 1. The van der Waals surface area contributed by atoms with Crippen LogP contribution in [-0.2, 0) is 20.0 Å². The molecular weight excluding hydrogens is 331 g/mol. The first-order valence-corrected chi connectivity index (χ1v) is 9.04. The molecule has 9 heteroatoms. The minimum atomic E-state index is -4.36. The Kier molecular flexibility index (Phi) is 4.61. The second kappa shape index (κ2) is 6.13. The zero-order chi connectivity index (χ0) is 16.4. The lowest BCUT2D eigenvalue weighted by Crippen LogP contribution is -2.41. The van der Waals surface area contributed by atoms with Gasteiger partial charge in [0.2, 0.25) is 0 Å². The molecule has 0 aliphatic carbocycles. The van der Waals surface area contributed by atoms with Crippen LogP contribution in [0.3, 0.4) is 0 Å². The molecular formula is C13H13FN2O4S2. The first kappa shape index (κ1) is 16.6. The molecule has 2 rings (SSSR count). The monoisotopic (exact) mass is 344 g/mol. The van der Waals surface area contributed by atoms with Crippen LogP contribution in [0.1, 0.15) is 5.56 Å². The molecule has 22 heavy (non-hydrogen) atoms. The molecule has 0 spiro atoms. The largest absolute Gasteiger partial charge is 0.257 e. The average Bonchev–Trinajstić information content (AvgIpc) is 2.46. The van der Waals surface area contributed by atoms with Crippen LogP contribution in [0.4, 0.5) is 4.39 Å². The minimum Gasteiger partial charge on any atom is -0.206 e. The van der Waals surface area contributed by atoms with E-state index in [9.17, 15) is 21.2 Å². The highest BCUT2D eigenvalue weighted by Gasteiger charge is 2.22. The highest BCUT2D eigenvalue weighted by atomic mass is 32.2. The van der Waals surface area contributed by atoms with Crippen LogP contribution >= 0.6 is 0 Å². The fourth-order valence-electron chi connectivity index (χ4n) is 1.60. The van der Waals surface area contributed by atoms with E-state index in [0.717, 1.165) is 17.7 Å². The SMILES string of the molecule is Cc1ccc(S(=O)(=O)NNS(=O)(=O)c2ccccc2F)cc1. The van der Waals surface area contributed by atoms with Gasteiger partial charge in [0.25, 0.3) is 20.0 Å². The predicted molar refractivity (Wildman–Crippen MR) is 78.2 cm³/mol. The Balaban J connectivity index is 2.22. The Hall–Kier alpha value is -1.81. The van der Waals surface area contributed by atoms with Crippen LogP contribution < -0.4 is 9.66 Å². The second-order valence-electron chi connectivity index (χ2n) is 4.45. The van der Waals surface area contributed by atoms with Gasteiger partial charge in [-0.1, -0.05) is 29.8 Å². The number of sulfonamides is 2. The van der Waals surface area contributed by atoms with E-state index < -0.39 is 30.8 Å². The van der Waals surface area contributed by atoms with E-state index in [0.29, 0.717) is 0 Å². The van der Waals surface area contributed by atoms with E-state index in [1.807, 2.05) is 0 Å². The lowest BCUT2D eigenvalue weighted by atomic mass is 10.2. The molecule has 0 unspecified atom stereocenters. The van der Waals surface area contributed by atoms with Crippen molar-refractivity contribution < 1.29 is 21.2 Å². The summed E-state index contributed by atoms with van der Waals surface area (Å²) in [7, 11) is -8.45. The molecule has 0 atom stereocenters. The third-order valence-electron chi connectivity index (χ3n) is 2.77. The third kappa shape index (κ3) is 3.69. The highest BCUT2D eigenvalue weighted by molar-refractivity contribution is 7.92. The lowest BCUT2D eigenvalue weighted by Gasteiger charge is -2.10. The molecule has 2 N–H and O–H groups in total. The Morgan fingerprint density at radius 1 is 0.818 bits per heavy atom. The van der Waals surface area contributed by atoms with Crippen molar-refractivity contribution in [2.24, 2.45) is 0 Å². The number of rotatable bonds is 5. The van der Waals surface area contributed by atoms with Crippen molar-refractivity contribution in [1.29, 1.82) is 0 Å². The summed E-state index contributed by atoms with van der Waals surface area (Å²) >= 11 is 0. The number of hydrazine groups is 1. The van der Waals surface area contributed by atoms with Crippen LogP contribution in [0, 0.1) is 12.7 Å². The molecule has 2 aromatic rings. The lowest BCUT2D eigenvalue weighted by molar-refractivity contribution is 0.544. The summed E-state index contributed by atoms with van der Waals surface area (Å²) in [5.74, 6) is -0.982. The van der Waals surface area contributed by atoms with E-state index >= 15 is 0 Å². The highest BCUT2D eigenvalue weighted by Crippen LogP contribution is 2.13. The average molecular weight is 344 g/mol. The van der Waals surface area contributed by atoms with Crippen LogP contribution in [-0.4, -0.2) is 16.8 Å². The number of nitrogens with one attached hydrogen (secondary N) is 2. The van der Waals surface area contributed by atoms with Gasteiger partial charge in [0.15, 0.2) is 0 Å². The van der Waals surface area contributed by atoms with E-state index in [2.05, 4.69) is 0 Å². The normalized spacial score (nSPS) is 12.3. The summed E-state index contributed by atoms with van der Waals surface area (Å²) < 4.78 is 61.2. The topological polar surface area (TPSA) is 92.3 Å². The third-order valence-corrected chi connectivity index (χ3v) is 5.44. The smallest absolute Gasteiger partial charge is 0.206 e. The molecule has 0 fully saturated rings. The van der Waals surface area contributed by atoms with Gasteiger partial charge in [0.1, 0.15) is 10.7 Å². The molecule has 0 bridgehead atoms. The maximum atomic E-state index is 13.5. The molecule has 2 aromatic carbocycles. The van der Waals surface area contributed by atoms with E-state index in [1.165, 1.54) is 24.3 Å². The minimum absolute atomic E-state index is 0.116. The molecule has 0 radical (unpaired) electrons. The van der Waals surface area contributed by atoms with Gasteiger partial charge in [0, 0.05) is 0 Å². The van der Waals surface area contributed by atoms with Gasteiger partial charge in [-0.25, -0.2) is 21.2 Å². The van der Waals surface area contributed by atoms with Gasteiger partial charge < -0.3 is 0 Å². The van der Waals surface area contributed by atoms with Gasteiger partial charge in [-0.15, -0.1) is 9.66 Å². The van der Waals surface area contributed by atoms with Gasteiger partial charge in [0.05, 0.1) is 4.90 Å². The molecule has 118 valence electrons. The van der Waals surface area contributed by atoms with Crippen LogP contribution in [0.2, 0.25) is 0 Å². The van der Waals surface area contributed by atoms with Crippen molar-refractivity contribution in [3.63, 3.8) is 0 Å². The first-order chi connectivity index (χ1) is 10.2. The Bertz CT molecular complexity index is 879. The first-order valence-electron chi connectivity index (χ1n) is 6.07. The quantitative estimate of drug-likeness (QED) is 0.800. The Labute approximate surface area is 128 Å². The molecule has 0 saturated carbocycles. The Morgan fingerprint density at radius 3 is 1.95 bits per heavy atom. The molecule has 0 amide bonds. The van der Waals surface area contributed by atoms with Crippen LogP contribution in [0.25, 0.3) is 0 Å². The predicted octanol–water partition coefficient (Wildman–Crippen LogP) is 1.31. The summed E-state index contributed by atoms with van der Waals surface area (Å²) in [5.41, 5.74) is 0.853. The van der Waals surface area contributed by atoms with Crippen molar-refractivity contribution in [2.45, 2.75) is 16.7 Å². The van der Waals surface area contributed by atoms with E-state index in [1.54, 1.807) is 28.7 Å². The summed E-state index contributed by atoms with van der Waals surface area (Å²) in [6.07, 6.45) is 0. The van der Waals surface area contributed by atoms with E-state index in [-0.39, 0.29) is 4.90 Å². The van der Waals surface area contributed by atoms with Gasteiger partial charge >= 0.3 is 0 Å². The summed E-state index contributed by atoms with van der Waals surface area (Å²) in [5, 5.41) is 0. The molecule has 0 aromatic heterocycles. The van der Waals surface area contributed by atoms with Crippen molar-refractivity contribution in [1.82, 2.24) is 9.66 Å². The van der Waals surface area contributed by atoms with Crippen molar-refractivity contribution in [3.8, 4) is 0 Å². The van der Waals surface area contributed by atoms with Gasteiger partial charge in [-0.2, -0.15) is 0 Å². The Morgan fingerprint density at radius 2 is 1.36 bits per heavy atom. The zero-order valence-corrected chi connectivity index (χ0v) is 13.1. The maximum absolute atomic E-state index is 13.5.